The van der Waals surface area contributed by atoms with Gasteiger partial charge in [0.05, 0.1) is 28.4 Å². The van der Waals surface area contributed by atoms with E-state index in [1.165, 1.54) is 36.4 Å². The number of nitrogens with zero attached hydrogens (tertiary/aromatic N) is 2. The maximum Gasteiger partial charge on any atom is 0.271 e. The molecular weight excluding hydrogens is 536 g/mol. The number of non-ortho nitro benzene ring substituents is 1. The Bertz CT molecular complexity index is 1540. The third-order valence-corrected chi connectivity index (χ3v) is 7.75. The molecule has 14 heteroatoms. The van der Waals surface area contributed by atoms with Crippen LogP contribution in [0, 0.1) is 17.0 Å². The van der Waals surface area contributed by atoms with Crippen molar-refractivity contribution >= 4 is 48.7 Å². The van der Waals surface area contributed by atoms with E-state index in [0.29, 0.717) is 23.6 Å². The second-order valence-corrected chi connectivity index (χ2v) is 11.7. The van der Waals surface area contributed by atoms with Crippen LogP contribution in [0.4, 0.5) is 22.7 Å². The minimum Gasteiger partial charge on any atom is -0.494 e. The number of benzene rings is 3. The van der Waals surface area contributed by atoms with Crippen molar-refractivity contribution in [3.8, 4) is 5.75 Å². The average molecular weight is 563 g/mol. The van der Waals surface area contributed by atoms with E-state index in [9.17, 15) is 31.7 Å². The highest BCUT2D eigenvalue weighted by Gasteiger charge is 2.24. The van der Waals surface area contributed by atoms with E-state index in [0.717, 1.165) is 16.6 Å². The number of nitrogens with one attached hydrogen (secondary N) is 2. The summed E-state index contributed by atoms with van der Waals surface area (Å²) < 4.78 is 58.8. The molecule has 3 aromatic rings. The number of carbonyl (C=O) groups is 1. The number of nitro groups is 1. The van der Waals surface area contributed by atoms with E-state index in [1.807, 2.05) is 6.92 Å². The Balaban J connectivity index is 1.73. The van der Waals surface area contributed by atoms with Gasteiger partial charge in [-0.1, -0.05) is 6.07 Å². The first-order valence-electron chi connectivity index (χ1n) is 11.2. The molecule has 0 spiro atoms. The van der Waals surface area contributed by atoms with Gasteiger partial charge >= 0.3 is 0 Å². The number of aryl methyl sites for hydroxylation is 1. The van der Waals surface area contributed by atoms with Gasteiger partial charge in [0.25, 0.3) is 15.7 Å². The molecule has 0 radical (unpaired) electrons. The summed E-state index contributed by atoms with van der Waals surface area (Å²) in [6, 6.07) is 15.4. The fraction of sp³-hybridized carbons (Fsp3) is 0.208. The minimum absolute atomic E-state index is 0.00125. The standard InChI is InChI=1S/C24H26N4O8S2/c1-4-36-21-11-6-19(7-12-21)26-38(34,35)22-13-8-18(9-14-22)25-24(29)16-27(37(3,32)33)23-15-20(28(30)31)10-5-17(23)2/h5-15,26H,4,16H2,1-3H3,(H,25,29). The molecule has 0 bridgehead atoms. The van der Waals surface area contributed by atoms with Gasteiger partial charge in [-0.05, 0) is 67.9 Å². The number of hydrogen-bond acceptors (Lipinski definition) is 8. The van der Waals surface area contributed by atoms with Gasteiger partial charge < -0.3 is 10.1 Å². The molecule has 0 aromatic heterocycles. The summed E-state index contributed by atoms with van der Waals surface area (Å²) in [7, 11) is -7.90. The molecule has 0 atom stereocenters. The van der Waals surface area contributed by atoms with Crippen LogP contribution in [0.15, 0.2) is 71.6 Å². The van der Waals surface area contributed by atoms with Gasteiger partial charge in [0, 0.05) is 23.5 Å². The second-order valence-electron chi connectivity index (χ2n) is 8.13. The van der Waals surface area contributed by atoms with E-state index < -0.39 is 37.4 Å². The summed E-state index contributed by atoms with van der Waals surface area (Å²) in [4.78, 5) is 23.1. The molecule has 0 unspecified atom stereocenters. The molecule has 0 saturated carbocycles. The predicted octanol–water partition coefficient (Wildman–Crippen LogP) is 3.51. The van der Waals surface area contributed by atoms with E-state index in [2.05, 4.69) is 10.0 Å². The van der Waals surface area contributed by atoms with Crippen LogP contribution in [0.1, 0.15) is 12.5 Å². The van der Waals surface area contributed by atoms with Gasteiger partial charge in [-0.2, -0.15) is 0 Å². The third kappa shape index (κ3) is 7.20. The zero-order chi connectivity index (χ0) is 28.1. The van der Waals surface area contributed by atoms with E-state index >= 15 is 0 Å². The molecule has 0 aliphatic rings. The number of rotatable bonds is 11. The van der Waals surface area contributed by atoms with Crippen LogP contribution in [0.2, 0.25) is 0 Å². The second kappa shape index (κ2) is 11.5. The number of amides is 1. The average Bonchev–Trinajstić information content (AvgIpc) is 2.84. The summed E-state index contributed by atoms with van der Waals surface area (Å²) in [5.41, 5.74) is 0.653. The van der Waals surface area contributed by atoms with Gasteiger partial charge in [0.15, 0.2) is 0 Å². The highest BCUT2D eigenvalue weighted by Crippen LogP contribution is 2.27. The van der Waals surface area contributed by atoms with Crippen molar-refractivity contribution < 1.29 is 31.3 Å². The van der Waals surface area contributed by atoms with Crippen LogP contribution >= 0.6 is 0 Å². The van der Waals surface area contributed by atoms with Crippen LogP contribution in [0.25, 0.3) is 0 Å². The summed E-state index contributed by atoms with van der Waals surface area (Å²) >= 11 is 0. The molecule has 12 nitrogen and oxygen atoms in total. The normalized spacial score (nSPS) is 11.4. The van der Waals surface area contributed by atoms with Crippen LogP contribution in [0.3, 0.4) is 0 Å². The molecule has 3 rings (SSSR count). The lowest BCUT2D eigenvalue weighted by atomic mass is 10.2. The molecular formula is C24H26N4O8S2. The van der Waals surface area contributed by atoms with Gasteiger partial charge in [-0.3, -0.25) is 23.9 Å². The maximum atomic E-state index is 12.7. The fourth-order valence-electron chi connectivity index (χ4n) is 3.41. The third-order valence-electron chi connectivity index (χ3n) is 5.23. The predicted molar refractivity (Wildman–Crippen MR) is 144 cm³/mol. The van der Waals surface area contributed by atoms with Crippen molar-refractivity contribution in [2.75, 3.05) is 33.8 Å². The quantitative estimate of drug-likeness (QED) is 0.265. The van der Waals surface area contributed by atoms with E-state index in [-0.39, 0.29) is 22.0 Å². The summed E-state index contributed by atoms with van der Waals surface area (Å²) in [5.74, 6) is -0.130. The molecule has 38 heavy (non-hydrogen) atoms. The summed E-state index contributed by atoms with van der Waals surface area (Å²) in [6.45, 7) is 3.23. The zero-order valence-corrected chi connectivity index (χ0v) is 22.4. The van der Waals surface area contributed by atoms with Crippen LogP contribution < -0.4 is 19.1 Å². The molecule has 0 fully saturated rings. The van der Waals surface area contributed by atoms with E-state index in [1.54, 1.807) is 31.2 Å². The van der Waals surface area contributed by atoms with Gasteiger partial charge in [-0.15, -0.1) is 0 Å². The van der Waals surface area contributed by atoms with Crippen LogP contribution in [-0.2, 0) is 24.8 Å². The fourth-order valence-corrected chi connectivity index (χ4v) is 5.37. The number of hydrogen-bond donors (Lipinski definition) is 2. The minimum atomic E-state index is -3.98. The lowest BCUT2D eigenvalue weighted by Crippen LogP contribution is -2.37. The number of carbonyl (C=O) groups excluding carboxylic acids is 1. The first-order chi connectivity index (χ1) is 17.8. The zero-order valence-electron chi connectivity index (χ0n) is 20.7. The number of sulfonamides is 2. The smallest absolute Gasteiger partial charge is 0.271 e. The molecule has 202 valence electrons. The van der Waals surface area contributed by atoms with Crippen LogP contribution in [-0.4, -0.2) is 47.1 Å². The highest BCUT2D eigenvalue weighted by atomic mass is 32.2. The summed E-state index contributed by atoms with van der Waals surface area (Å²) in [5, 5.41) is 13.7. The van der Waals surface area contributed by atoms with Gasteiger partial charge in [0.1, 0.15) is 12.3 Å². The first kappa shape index (κ1) is 28.4. The number of ether oxygens (including phenoxy) is 1. The Hall–Kier alpha value is -4.17. The monoisotopic (exact) mass is 562 g/mol. The molecule has 0 aliphatic carbocycles. The Kier molecular flexibility index (Phi) is 8.58. The van der Waals surface area contributed by atoms with Crippen molar-refractivity contribution in [1.82, 2.24) is 0 Å². The van der Waals surface area contributed by atoms with Gasteiger partial charge in [-0.25, -0.2) is 16.8 Å². The van der Waals surface area contributed by atoms with Crippen molar-refractivity contribution in [2.45, 2.75) is 18.7 Å². The summed E-state index contributed by atoms with van der Waals surface area (Å²) in [6.07, 6.45) is 0.885. The van der Waals surface area contributed by atoms with Crippen molar-refractivity contribution in [3.63, 3.8) is 0 Å². The number of anilines is 3. The molecule has 1 amide bonds. The lowest BCUT2D eigenvalue weighted by molar-refractivity contribution is -0.384. The number of nitro benzene ring substituents is 1. The molecule has 2 N–H and O–H groups in total. The van der Waals surface area contributed by atoms with Crippen molar-refractivity contribution in [3.05, 3.63) is 82.4 Å². The van der Waals surface area contributed by atoms with Crippen molar-refractivity contribution in [2.24, 2.45) is 0 Å². The topological polar surface area (TPSA) is 165 Å². The molecule has 0 saturated heterocycles. The molecule has 0 aliphatic heterocycles. The molecule has 3 aromatic carbocycles. The Morgan fingerprint density at radius 3 is 2.13 bits per heavy atom. The molecule has 0 heterocycles. The Labute approximate surface area is 220 Å². The van der Waals surface area contributed by atoms with Crippen LogP contribution in [0.5, 0.6) is 5.75 Å². The Morgan fingerprint density at radius 2 is 1.58 bits per heavy atom. The lowest BCUT2D eigenvalue weighted by Gasteiger charge is -2.23. The Morgan fingerprint density at radius 1 is 0.974 bits per heavy atom. The highest BCUT2D eigenvalue weighted by molar-refractivity contribution is 7.92. The van der Waals surface area contributed by atoms with E-state index in [4.69, 9.17) is 4.74 Å². The SMILES string of the molecule is CCOc1ccc(NS(=O)(=O)c2ccc(NC(=O)CN(c3cc([N+](=O)[O-])ccc3C)S(C)(=O)=O)cc2)cc1. The van der Waals surface area contributed by atoms with Crippen molar-refractivity contribution in [1.29, 1.82) is 0 Å². The maximum absolute atomic E-state index is 12.7. The largest absolute Gasteiger partial charge is 0.494 e. The van der Waals surface area contributed by atoms with Gasteiger partial charge in [0.2, 0.25) is 15.9 Å². The first-order valence-corrected chi connectivity index (χ1v) is 14.5.